The zero-order valence-electron chi connectivity index (χ0n) is 10.3. The lowest BCUT2D eigenvalue weighted by Gasteiger charge is -2.20. The van der Waals surface area contributed by atoms with E-state index in [4.69, 9.17) is 9.84 Å². The molecule has 0 aliphatic rings. The molecule has 0 spiro atoms. The van der Waals surface area contributed by atoms with Crippen LogP contribution < -0.4 is 4.74 Å². The monoisotopic (exact) mass is 223 g/mol. The van der Waals surface area contributed by atoms with Crippen molar-refractivity contribution in [2.24, 2.45) is 0 Å². The third-order valence-corrected chi connectivity index (χ3v) is 2.75. The maximum Gasteiger partial charge on any atom is 0.118 e. The maximum atomic E-state index is 8.83. The molecule has 3 nitrogen and oxygen atoms in total. The standard InChI is InChI=1S/C13H21NO2/c1-11(10-14(2)8-9-15)12-4-6-13(16-3)7-5-12/h4-7,11,15H,8-10H2,1-3H3. The van der Waals surface area contributed by atoms with Crippen molar-refractivity contribution in [1.82, 2.24) is 4.90 Å². The molecule has 1 N–H and O–H groups in total. The van der Waals surface area contributed by atoms with Crippen LogP contribution in [-0.4, -0.2) is 43.9 Å². The highest BCUT2D eigenvalue weighted by molar-refractivity contribution is 5.29. The van der Waals surface area contributed by atoms with Crippen molar-refractivity contribution in [3.8, 4) is 5.75 Å². The zero-order valence-corrected chi connectivity index (χ0v) is 10.3. The van der Waals surface area contributed by atoms with Gasteiger partial charge in [0.15, 0.2) is 0 Å². The Morgan fingerprint density at radius 3 is 2.44 bits per heavy atom. The topological polar surface area (TPSA) is 32.7 Å². The number of aliphatic hydroxyl groups is 1. The smallest absolute Gasteiger partial charge is 0.118 e. The Bertz CT molecular complexity index is 297. The number of rotatable bonds is 6. The van der Waals surface area contributed by atoms with Crippen molar-refractivity contribution >= 4 is 0 Å². The average molecular weight is 223 g/mol. The molecule has 3 heteroatoms. The summed E-state index contributed by atoms with van der Waals surface area (Å²) in [6, 6.07) is 8.16. The molecule has 0 saturated heterocycles. The molecule has 16 heavy (non-hydrogen) atoms. The third-order valence-electron chi connectivity index (χ3n) is 2.75. The van der Waals surface area contributed by atoms with Crippen LogP contribution in [0.25, 0.3) is 0 Å². The summed E-state index contributed by atoms with van der Waals surface area (Å²) >= 11 is 0. The van der Waals surface area contributed by atoms with E-state index in [1.807, 2.05) is 19.2 Å². The fourth-order valence-electron chi connectivity index (χ4n) is 1.77. The van der Waals surface area contributed by atoms with Crippen LogP contribution >= 0.6 is 0 Å². The lowest BCUT2D eigenvalue weighted by atomic mass is 10.0. The number of aliphatic hydroxyl groups excluding tert-OH is 1. The summed E-state index contributed by atoms with van der Waals surface area (Å²) < 4.78 is 5.13. The van der Waals surface area contributed by atoms with E-state index < -0.39 is 0 Å². The maximum absolute atomic E-state index is 8.83. The first-order valence-electron chi connectivity index (χ1n) is 5.60. The fourth-order valence-corrected chi connectivity index (χ4v) is 1.77. The minimum absolute atomic E-state index is 0.214. The van der Waals surface area contributed by atoms with E-state index in [1.54, 1.807) is 7.11 Å². The molecule has 0 heterocycles. The Hall–Kier alpha value is -1.06. The van der Waals surface area contributed by atoms with Gasteiger partial charge in [-0.05, 0) is 30.7 Å². The Balaban J connectivity index is 2.55. The van der Waals surface area contributed by atoms with Crippen LogP contribution in [0.15, 0.2) is 24.3 Å². The molecule has 0 saturated carbocycles. The van der Waals surface area contributed by atoms with Crippen molar-refractivity contribution in [3.05, 3.63) is 29.8 Å². The second-order valence-corrected chi connectivity index (χ2v) is 4.16. The molecule has 0 amide bonds. The summed E-state index contributed by atoms with van der Waals surface area (Å²) in [4.78, 5) is 2.13. The summed E-state index contributed by atoms with van der Waals surface area (Å²) in [6.07, 6.45) is 0. The number of hydrogen-bond acceptors (Lipinski definition) is 3. The van der Waals surface area contributed by atoms with Gasteiger partial charge in [0, 0.05) is 13.1 Å². The van der Waals surface area contributed by atoms with E-state index >= 15 is 0 Å². The van der Waals surface area contributed by atoms with Crippen LogP contribution in [0.3, 0.4) is 0 Å². The van der Waals surface area contributed by atoms with Crippen LogP contribution in [0.1, 0.15) is 18.4 Å². The van der Waals surface area contributed by atoms with Crippen molar-refractivity contribution < 1.29 is 9.84 Å². The number of hydrogen-bond donors (Lipinski definition) is 1. The predicted molar refractivity (Wildman–Crippen MR) is 66.0 cm³/mol. The van der Waals surface area contributed by atoms with Gasteiger partial charge in [-0.2, -0.15) is 0 Å². The average Bonchev–Trinajstić information content (AvgIpc) is 2.29. The molecular formula is C13H21NO2. The molecule has 1 atom stereocenters. The Morgan fingerprint density at radius 1 is 1.31 bits per heavy atom. The predicted octanol–water partition coefficient (Wildman–Crippen LogP) is 1.72. The first-order chi connectivity index (χ1) is 7.67. The van der Waals surface area contributed by atoms with Gasteiger partial charge in [-0.3, -0.25) is 0 Å². The van der Waals surface area contributed by atoms with Crippen LogP contribution in [0.2, 0.25) is 0 Å². The van der Waals surface area contributed by atoms with Crippen LogP contribution in [0.4, 0.5) is 0 Å². The van der Waals surface area contributed by atoms with E-state index in [9.17, 15) is 0 Å². The first-order valence-corrected chi connectivity index (χ1v) is 5.60. The largest absolute Gasteiger partial charge is 0.497 e. The number of ether oxygens (including phenoxy) is 1. The number of nitrogens with zero attached hydrogens (tertiary/aromatic N) is 1. The van der Waals surface area contributed by atoms with Crippen LogP contribution in [0.5, 0.6) is 5.75 Å². The Kier molecular flexibility index (Phi) is 5.29. The molecule has 0 radical (unpaired) electrons. The van der Waals surface area contributed by atoms with Crippen molar-refractivity contribution in [1.29, 1.82) is 0 Å². The molecule has 90 valence electrons. The molecule has 1 unspecified atom stereocenters. The Morgan fingerprint density at radius 2 is 1.94 bits per heavy atom. The highest BCUT2D eigenvalue weighted by Gasteiger charge is 2.08. The highest BCUT2D eigenvalue weighted by Crippen LogP contribution is 2.19. The normalized spacial score (nSPS) is 12.8. The molecule has 0 bridgehead atoms. The molecule has 1 aromatic carbocycles. The molecule has 1 rings (SSSR count). The van der Waals surface area contributed by atoms with Crippen molar-refractivity contribution in [2.75, 3.05) is 33.9 Å². The fraction of sp³-hybridized carbons (Fsp3) is 0.538. The van der Waals surface area contributed by atoms with Gasteiger partial charge in [-0.25, -0.2) is 0 Å². The van der Waals surface area contributed by atoms with E-state index in [2.05, 4.69) is 24.0 Å². The Labute approximate surface area is 97.7 Å². The van der Waals surface area contributed by atoms with Gasteiger partial charge in [0.05, 0.1) is 13.7 Å². The van der Waals surface area contributed by atoms with E-state index in [-0.39, 0.29) is 6.61 Å². The molecule has 0 fully saturated rings. The zero-order chi connectivity index (χ0) is 12.0. The second kappa shape index (κ2) is 6.51. The second-order valence-electron chi connectivity index (χ2n) is 4.16. The van der Waals surface area contributed by atoms with Gasteiger partial charge in [0.2, 0.25) is 0 Å². The van der Waals surface area contributed by atoms with Crippen molar-refractivity contribution in [3.63, 3.8) is 0 Å². The lowest BCUT2D eigenvalue weighted by Crippen LogP contribution is -2.26. The van der Waals surface area contributed by atoms with Gasteiger partial charge in [-0.1, -0.05) is 19.1 Å². The van der Waals surface area contributed by atoms with Gasteiger partial charge >= 0.3 is 0 Å². The lowest BCUT2D eigenvalue weighted by molar-refractivity contribution is 0.216. The number of methoxy groups -OCH3 is 1. The van der Waals surface area contributed by atoms with Gasteiger partial charge in [0.1, 0.15) is 5.75 Å². The van der Waals surface area contributed by atoms with Crippen LogP contribution in [-0.2, 0) is 0 Å². The van der Waals surface area contributed by atoms with Gasteiger partial charge in [-0.15, -0.1) is 0 Å². The summed E-state index contributed by atoms with van der Waals surface area (Å²) in [5.74, 6) is 1.35. The molecule has 1 aromatic rings. The van der Waals surface area contributed by atoms with Crippen molar-refractivity contribution in [2.45, 2.75) is 12.8 Å². The van der Waals surface area contributed by atoms with Gasteiger partial charge < -0.3 is 14.7 Å². The SMILES string of the molecule is COc1ccc(C(C)CN(C)CCO)cc1. The number of benzene rings is 1. The first kappa shape index (κ1) is 13.0. The van der Waals surface area contributed by atoms with E-state index in [0.29, 0.717) is 5.92 Å². The van der Waals surface area contributed by atoms with E-state index in [1.165, 1.54) is 5.56 Å². The van der Waals surface area contributed by atoms with E-state index in [0.717, 1.165) is 18.8 Å². The molecule has 0 aliphatic heterocycles. The minimum Gasteiger partial charge on any atom is -0.497 e. The summed E-state index contributed by atoms with van der Waals surface area (Å²) in [5.41, 5.74) is 1.30. The third kappa shape index (κ3) is 3.83. The molecular weight excluding hydrogens is 202 g/mol. The summed E-state index contributed by atoms with van der Waals surface area (Å²) in [7, 11) is 3.70. The quantitative estimate of drug-likeness (QED) is 0.797. The molecule has 0 aliphatic carbocycles. The minimum atomic E-state index is 0.214. The highest BCUT2D eigenvalue weighted by atomic mass is 16.5. The summed E-state index contributed by atoms with van der Waals surface area (Å²) in [5, 5.41) is 8.83. The summed E-state index contributed by atoms with van der Waals surface area (Å²) in [6.45, 7) is 4.08. The molecule has 0 aromatic heterocycles. The van der Waals surface area contributed by atoms with Crippen LogP contribution in [0, 0.1) is 0 Å². The van der Waals surface area contributed by atoms with Gasteiger partial charge in [0.25, 0.3) is 0 Å². The number of likely N-dealkylation sites (N-methyl/N-ethyl adjacent to an activating group) is 1.